The van der Waals surface area contributed by atoms with Gasteiger partial charge in [-0.1, -0.05) is 40.0 Å². The minimum absolute atomic E-state index is 1.09. The first-order valence-corrected chi connectivity index (χ1v) is 11.4. The van der Waals surface area contributed by atoms with E-state index in [0.717, 1.165) is 12.8 Å². The van der Waals surface area contributed by atoms with Crippen molar-refractivity contribution in [3.05, 3.63) is 30.3 Å². The van der Waals surface area contributed by atoms with Gasteiger partial charge in [0.1, 0.15) is 0 Å². The summed E-state index contributed by atoms with van der Waals surface area (Å²) in [6.45, 7) is 6.78. The van der Waals surface area contributed by atoms with Crippen molar-refractivity contribution in [3.8, 4) is 9.75 Å². The molecule has 2 heterocycles. The molecule has 0 spiro atoms. The van der Waals surface area contributed by atoms with Crippen molar-refractivity contribution in [1.29, 1.82) is 0 Å². The quantitative estimate of drug-likeness (QED) is 0.345. The Balaban J connectivity index is 2.32. The summed E-state index contributed by atoms with van der Waals surface area (Å²) < 4.78 is 2.63. The van der Waals surface area contributed by atoms with Crippen LogP contribution in [0, 0.1) is 0 Å². The molecular formula is C18H24Br2S2. The molecular weight excluding hydrogens is 440 g/mol. The van der Waals surface area contributed by atoms with Crippen molar-refractivity contribution < 1.29 is 0 Å². The van der Waals surface area contributed by atoms with Crippen LogP contribution in [0.25, 0.3) is 9.75 Å². The van der Waals surface area contributed by atoms with Crippen LogP contribution in [0.15, 0.2) is 13.6 Å². The number of hydrogen-bond donors (Lipinski definition) is 0. The Bertz CT molecular complexity index is 611. The lowest BCUT2D eigenvalue weighted by Crippen LogP contribution is -1.91. The minimum Gasteiger partial charge on any atom is -0.127 e. The van der Waals surface area contributed by atoms with Gasteiger partial charge in [-0.3, -0.25) is 0 Å². The van der Waals surface area contributed by atoms with E-state index in [2.05, 4.69) is 58.7 Å². The second kappa shape index (κ2) is 9.00. The van der Waals surface area contributed by atoms with Crippen molar-refractivity contribution in [3.63, 3.8) is 0 Å². The topological polar surface area (TPSA) is 0 Å². The molecule has 2 rings (SSSR count). The predicted octanol–water partition coefficient (Wildman–Crippen LogP) is 8.25. The van der Waals surface area contributed by atoms with Gasteiger partial charge in [0.25, 0.3) is 0 Å². The highest BCUT2D eigenvalue weighted by Crippen LogP contribution is 2.45. The van der Waals surface area contributed by atoms with Crippen LogP contribution in [0.4, 0.5) is 0 Å². The Morgan fingerprint density at radius 2 is 1.64 bits per heavy atom. The molecule has 0 N–H and O–H groups in total. The third-order valence-electron chi connectivity index (χ3n) is 4.06. The standard InChI is InChI=1S/C18H24Br2S2/c1-4-7-8-9-10-14-13(6-3)18(20)22-16(14)15-11-12(5-2)17(19)21-15/h11H,4-10H2,1-3H3. The number of rotatable bonds is 8. The molecule has 0 saturated heterocycles. The zero-order valence-electron chi connectivity index (χ0n) is 13.6. The van der Waals surface area contributed by atoms with E-state index in [0.29, 0.717) is 0 Å². The van der Waals surface area contributed by atoms with Crippen molar-refractivity contribution >= 4 is 54.5 Å². The number of hydrogen-bond acceptors (Lipinski definition) is 2. The van der Waals surface area contributed by atoms with Gasteiger partial charge in [-0.05, 0) is 80.3 Å². The maximum atomic E-state index is 3.80. The summed E-state index contributed by atoms with van der Waals surface area (Å²) in [6, 6.07) is 2.38. The molecule has 0 aliphatic heterocycles. The second-order valence-electron chi connectivity index (χ2n) is 5.59. The largest absolute Gasteiger partial charge is 0.127 e. The minimum atomic E-state index is 1.09. The fraction of sp³-hybridized carbons (Fsp3) is 0.556. The fourth-order valence-corrected chi connectivity index (χ4v) is 6.97. The van der Waals surface area contributed by atoms with Gasteiger partial charge in [-0.25, -0.2) is 0 Å². The Morgan fingerprint density at radius 3 is 2.23 bits per heavy atom. The van der Waals surface area contributed by atoms with E-state index in [1.165, 1.54) is 60.6 Å². The van der Waals surface area contributed by atoms with Crippen molar-refractivity contribution in [2.75, 3.05) is 0 Å². The highest BCUT2D eigenvalue weighted by atomic mass is 79.9. The van der Waals surface area contributed by atoms with E-state index < -0.39 is 0 Å². The monoisotopic (exact) mass is 462 g/mol. The smallest absolute Gasteiger partial charge is 0.0740 e. The predicted molar refractivity (Wildman–Crippen MR) is 110 cm³/mol. The lowest BCUT2D eigenvalue weighted by molar-refractivity contribution is 0.666. The summed E-state index contributed by atoms with van der Waals surface area (Å²) >= 11 is 11.3. The first-order chi connectivity index (χ1) is 10.6. The maximum absolute atomic E-state index is 3.80. The summed E-state index contributed by atoms with van der Waals surface area (Å²) in [5, 5.41) is 0. The van der Waals surface area contributed by atoms with Crippen LogP contribution in [0.2, 0.25) is 0 Å². The van der Waals surface area contributed by atoms with Gasteiger partial charge >= 0.3 is 0 Å². The van der Waals surface area contributed by atoms with Crippen LogP contribution in [0.5, 0.6) is 0 Å². The van der Waals surface area contributed by atoms with Gasteiger partial charge in [-0.15, -0.1) is 22.7 Å². The van der Waals surface area contributed by atoms with Crippen LogP contribution in [0.1, 0.15) is 63.1 Å². The zero-order chi connectivity index (χ0) is 16.1. The van der Waals surface area contributed by atoms with E-state index in [9.17, 15) is 0 Å². The number of unbranched alkanes of at least 4 members (excludes halogenated alkanes) is 3. The van der Waals surface area contributed by atoms with Crippen molar-refractivity contribution in [1.82, 2.24) is 0 Å². The Labute approximate surface area is 159 Å². The first kappa shape index (κ1) is 18.7. The summed E-state index contributed by atoms with van der Waals surface area (Å²) in [5.74, 6) is 0. The molecule has 0 aliphatic carbocycles. The van der Waals surface area contributed by atoms with Gasteiger partial charge in [0.05, 0.1) is 7.57 Å². The zero-order valence-corrected chi connectivity index (χ0v) is 18.4. The Hall–Kier alpha value is 0.360. The summed E-state index contributed by atoms with van der Waals surface area (Å²) in [7, 11) is 0. The summed E-state index contributed by atoms with van der Waals surface area (Å²) in [4.78, 5) is 2.92. The molecule has 0 radical (unpaired) electrons. The van der Waals surface area contributed by atoms with E-state index >= 15 is 0 Å². The third-order valence-corrected chi connectivity index (χ3v) is 8.23. The highest BCUT2D eigenvalue weighted by molar-refractivity contribution is 9.11. The first-order valence-electron chi connectivity index (χ1n) is 8.20. The summed E-state index contributed by atoms with van der Waals surface area (Å²) in [5.41, 5.74) is 4.55. The summed E-state index contributed by atoms with van der Waals surface area (Å²) in [6.07, 6.45) is 8.75. The van der Waals surface area contributed by atoms with Crippen LogP contribution in [-0.4, -0.2) is 0 Å². The molecule has 22 heavy (non-hydrogen) atoms. The average Bonchev–Trinajstić information content (AvgIpc) is 3.03. The van der Waals surface area contributed by atoms with Crippen LogP contribution in [0.3, 0.4) is 0 Å². The maximum Gasteiger partial charge on any atom is 0.0740 e. The molecule has 0 nitrogen and oxygen atoms in total. The SMILES string of the molecule is CCCCCCc1c(-c2cc(CC)c(Br)s2)sc(Br)c1CC. The van der Waals surface area contributed by atoms with Crippen LogP contribution >= 0.6 is 54.5 Å². The average molecular weight is 464 g/mol. The number of aryl methyl sites for hydroxylation is 1. The number of thiophene rings is 2. The van der Waals surface area contributed by atoms with Gasteiger partial charge in [0, 0.05) is 9.75 Å². The Kier molecular flexibility index (Phi) is 7.65. The molecule has 122 valence electrons. The van der Waals surface area contributed by atoms with Crippen LogP contribution in [-0.2, 0) is 19.3 Å². The fourth-order valence-electron chi connectivity index (χ4n) is 2.77. The number of halogens is 2. The molecule has 0 fully saturated rings. The molecule has 0 aromatic carbocycles. The van der Waals surface area contributed by atoms with Gasteiger partial charge in [-0.2, -0.15) is 0 Å². The molecule has 2 aromatic heterocycles. The lowest BCUT2D eigenvalue weighted by Gasteiger charge is -2.06. The van der Waals surface area contributed by atoms with Crippen molar-refractivity contribution in [2.45, 2.75) is 65.7 Å². The van der Waals surface area contributed by atoms with Crippen molar-refractivity contribution in [2.24, 2.45) is 0 Å². The molecule has 0 aliphatic rings. The van der Waals surface area contributed by atoms with E-state index in [1.807, 2.05) is 22.7 Å². The van der Waals surface area contributed by atoms with E-state index in [4.69, 9.17) is 0 Å². The van der Waals surface area contributed by atoms with Gasteiger partial charge < -0.3 is 0 Å². The molecule has 0 bridgehead atoms. The molecule has 0 amide bonds. The van der Waals surface area contributed by atoms with Gasteiger partial charge in [0.2, 0.25) is 0 Å². The van der Waals surface area contributed by atoms with E-state index in [1.54, 1.807) is 5.56 Å². The highest BCUT2D eigenvalue weighted by Gasteiger charge is 2.19. The van der Waals surface area contributed by atoms with Crippen LogP contribution < -0.4 is 0 Å². The van der Waals surface area contributed by atoms with E-state index in [-0.39, 0.29) is 0 Å². The Morgan fingerprint density at radius 1 is 0.864 bits per heavy atom. The molecule has 0 unspecified atom stereocenters. The molecule has 0 atom stereocenters. The normalized spacial score (nSPS) is 11.3. The molecule has 4 heteroatoms. The van der Waals surface area contributed by atoms with Gasteiger partial charge in [0.15, 0.2) is 0 Å². The third kappa shape index (κ3) is 4.25. The molecule has 0 saturated carbocycles. The molecule has 2 aromatic rings. The lowest BCUT2D eigenvalue weighted by atomic mass is 10.0. The second-order valence-corrected chi connectivity index (χ2v) is 10.3.